The molecule has 30 heavy (non-hydrogen) atoms. The lowest BCUT2D eigenvalue weighted by Crippen LogP contribution is -2.28. The molecule has 0 radical (unpaired) electrons. The Kier molecular flexibility index (Phi) is 7.68. The van der Waals surface area contributed by atoms with Crippen LogP contribution in [-0.4, -0.2) is 55.5 Å². The summed E-state index contributed by atoms with van der Waals surface area (Å²) in [6.45, 7) is 3.38. The molecule has 3 rings (SSSR count). The summed E-state index contributed by atoms with van der Waals surface area (Å²) in [6, 6.07) is 15.0. The molecule has 2 N–H and O–H groups in total. The van der Waals surface area contributed by atoms with Crippen LogP contribution in [0.1, 0.15) is 24.0 Å². The molecule has 7 heteroatoms. The standard InChI is InChI=1S/C23H30N4O3/c1-26(2)14-15-30-21-11-7-18(8-12-21)16-24-23(29)25-20-9-5-19(6-10-20)17-27-13-3-4-22(27)28/h5-12H,3-4,13-17H2,1-2H3,(H2,24,25,29). The van der Waals surface area contributed by atoms with Crippen LogP contribution in [0.5, 0.6) is 5.75 Å². The number of ether oxygens (including phenoxy) is 1. The van der Waals surface area contributed by atoms with Crippen LogP contribution in [-0.2, 0) is 17.9 Å². The van der Waals surface area contributed by atoms with Crippen molar-refractivity contribution in [1.29, 1.82) is 0 Å². The van der Waals surface area contributed by atoms with E-state index in [1.165, 1.54) is 0 Å². The Hall–Kier alpha value is -3.06. The first-order valence-corrected chi connectivity index (χ1v) is 10.3. The van der Waals surface area contributed by atoms with Gasteiger partial charge in [0.15, 0.2) is 0 Å². The highest BCUT2D eigenvalue weighted by Crippen LogP contribution is 2.16. The van der Waals surface area contributed by atoms with Crippen LogP contribution in [0.3, 0.4) is 0 Å². The third kappa shape index (κ3) is 6.77. The molecule has 1 saturated heterocycles. The lowest BCUT2D eigenvalue weighted by molar-refractivity contribution is -0.128. The molecule has 1 fully saturated rings. The average molecular weight is 411 g/mol. The number of benzene rings is 2. The van der Waals surface area contributed by atoms with Gasteiger partial charge in [-0.25, -0.2) is 4.79 Å². The minimum absolute atomic E-state index is 0.213. The summed E-state index contributed by atoms with van der Waals surface area (Å²) >= 11 is 0. The molecule has 0 aliphatic carbocycles. The maximum atomic E-state index is 12.2. The molecule has 3 amide bonds. The van der Waals surface area contributed by atoms with Crippen molar-refractivity contribution in [2.45, 2.75) is 25.9 Å². The highest BCUT2D eigenvalue weighted by Gasteiger charge is 2.19. The second-order valence-corrected chi connectivity index (χ2v) is 7.72. The Morgan fingerprint density at radius 2 is 1.77 bits per heavy atom. The van der Waals surface area contributed by atoms with Crippen molar-refractivity contribution in [3.63, 3.8) is 0 Å². The van der Waals surface area contributed by atoms with Crippen LogP contribution in [0, 0.1) is 0 Å². The van der Waals surface area contributed by atoms with E-state index in [2.05, 4.69) is 15.5 Å². The fourth-order valence-electron chi connectivity index (χ4n) is 3.19. The van der Waals surface area contributed by atoms with Crippen LogP contribution in [0.25, 0.3) is 0 Å². The summed E-state index contributed by atoms with van der Waals surface area (Å²) in [7, 11) is 4.02. The van der Waals surface area contributed by atoms with Gasteiger partial charge in [-0.1, -0.05) is 24.3 Å². The van der Waals surface area contributed by atoms with Gasteiger partial charge < -0.3 is 25.2 Å². The fraction of sp³-hybridized carbons (Fsp3) is 0.391. The smallest absolute Gasteiger partial charge is 0.319 e. The number of amides is 3. The molecule has 0 aromatic heterocycles. The van der Waals surface area contributed by atoms with E-state index in [9.17, 15) is 9.59 Å². The van der Waals surface area contributed by atoms with Crippen LogP contribution in [0.2, 0.25) is 0 Å². The molecular weight excluding hydrogens is 380 g/mol. The summed E-state index contributed by atoms with van der Waals surface area (Å²) in [5.41, 5.74) is 2.77. The van der Waals surface area contributed by atoms with Crippen molar-refractivity contribution in [2.75, 3.05) is 39.1 Å². The molecule has 0 spiro atoms. The van der Waals surface area contributed by atoms with E-state index in [1.807, 2.05) is 67.5 Å². The van der Waals surface area contributed by atoms with Crippen molar-refractivity contribution >= 4 is 17.6 Å². The van der Waals surface area contributed by atoms with Crippen LogP contribution in [0.15, 0.2) is 48.5 Å². The number of carbonyl (C=O) groups excluding carboxylic acids is 2. The van der Waals surface area contributed by atoms with Gasteiger partial charge in [0, 0.05) is 38.3 Å². The van der Waals surface area contributed by atoms with Crippen LogP contribution < -0.4 is 15.4 Å². The summed E-state index contributed by atoms with van der Waals surface area (Å²) in [6.07, 6.45) is 1.58. The number of nitrogens with zero attached hydrogens (tertiary/aromatic N) is 2. The molecular formula is C23H30N4O3. The molecule has 0 unspecified atom stereocenters. The predicted molar refractivity (Wildman–Crippen MR) is 117 cm³/mol. The Balaban J connectivity index is 1.40. The second kappa shape index (κ2) is 10.6. The van der Waals surface area contributed by atoms with Crippen molar-refractivity contribution in [3.05, 3.63) is 59.7 Å². The van der Waals surface area contributed by atoms with E-state index < -0.39 is 0 Å². The Bertz CT molecular complexity index is 835. The number of likely N-dealkylation sites (N-methyl/N-ethyl adjacent to an activating group) is 1. The topological polar surface area (TPSA) is 73.9 Å². The maximum Gasteiger partial charge on any atom is 0.319 e. The highest BCUT2D eigenvalue weighted by atomic mass is 16.5. The van der Waals surface area contributed by atoms with Crippen molar-refractivity contribution in [2.24, 2.45) is 0 Å². The quantitative estimate of drug-likeness (QED) is 0.666. The summed E-state index contributed by atoms with van der Waals surface area (Å²) < 4.78 is 5.67. The van der Waals surface area contributed by atoms with Gasteiger partial charge in [0.2, 0.25) is 5.91 Å². The Morgan fingerprint density at radius 3 is 2.40 bits per heavy atom. The zero-order valence-electron chi connectivity index (χ0n) is 17.7. The van der Waals surface area contributed by atoms with E-state index in [0.717, 1.165) is 36.4 Å². The number of rotatable bonds is 9. The summed E-state index contributed by atoms with van der Waals surface area (Å²) in [5, 5.41) is 5.69. The molecule has 160 valence electrons. The van der Waals surface area contributed by atoms with Gasteiger partial charge >= 0.3 is 6.03 Å². The molecule has 0 saturated carbocycles. The molecule has 0 bridgehead atoms. The number of urea groups is 1. The summed E-state index contributed by atoms with van der Waals surface area (Å²) in [4.78, 5) is 27.8. The van der Waals surface area contributed by atoms with Gasteiger partial charge in [0.25, 0.3) is 0 Å². The Labute approximate surface area is 178 Å². The average Bonchev–Trinajstić information content (AvgIpc) is 3.13. The molecule has 1 heterocycles. The van der Waals surface area contributed by atoms with E-state index in [0.29, 0.717) is 31.8 Å². The lowest BCUT2D eigenvalue weighted by atomic mass is 10.2. The fourth-order valence-corrected chi connectivity index (χ4v) is 3.19. The van der Waals surface area contributed by atoms with Gasteiger partial charge in [0.1, 0.15) is 12.4 Å². The molecule has 2 aromatic rings. The first-order valence-electron chi connectivity index (χ1n) is 10.3. The third-order valence-corrected chi connectivity index (χ3v) is 4.94. The van der Waals surface area contributed by atoms with E-state index in [1.54, 1.807) is 0 Å². The highest BCUT2D eigenvalue weighted by molar-refractivity contribution is 5.89. The number of hydrogen-bond acceptors (Lipinski definition) is 4. The van der Waals surface area contributed by atoms with Gasteiger partial charge in [-0.15, -0.1) is 0 Å². The molecule has 7 nitrogen and oxygen atoms in total. The minimum Gasteiger partial charge on any atom is -0.492 e. The number of anilines is 1. The predicted octanol–water partition coefficient (Wildman–Crippen LogP) is 3.07. The van der Waals surface area contributed by atoms with Gasteiger partial charge in [-0.3, -0.25) is 4.79 Å². The SMILES string of the molecule is CN(C)CCOc1ccc(CNC(=O)Nc2ccc(CN3CCCC3=O)cc2)cc1. The zero-order valence-corrected chi connectivity index (χ0v) is 17.7. The van der Waals surface area contributed by atoms with Gasteiger partial charge in [-0.2, -0.15) is 0 Å². The van der Waals surface area contributed by atoms with Gasteiger partial charge in [-0.05, 0) is 55.9 Å². The Morgan fingerprint density at radius 1 is 1.07 bits per heavy atom. The minimum atomic E-state index is -0.260. The maximum absolute atomic E-state index is 12.2. The zero-order chi connectivity index (χ0) is 21.3. The second-order valence-electron chi connectivity index (χ2n) is 7.72. The largest absolute Gasteiger partial charge is 0.492 e. The number of hydrogen-bond donors (Lipinski definition) is 2. The first-order chi connectivity index (χ1) is 14.5. The molecule has 2 aromatic carbocycles. The van der Waals surface area contributed by atoms with Crippen LogP contribution >= 0.6 is 0 Å². The molecule has 1 aliphatic heterocycles. The lowest BCUT2D eigenvalue weighted by Gasteiger charge is -2.15. The van der Waals surface area contributed by atoms with Crippen LogP contribution in [0.4, 0.5) is 10.5 Å². The monoisotopic (exact) mass is 410 g/mol. The normalized spacial score (nSPS) is 13.6. The first kappa shape index (κ1) is 21.6. The molecule has 0 atom stereocenters. The van der Waals surface area contributed by atoms with E-state index >= 15 is 0 Å². The van der Waals surface area contributed by atoms with Crippen molar-refractivity contribution < 1.29 is 14.3 Å². The number of nitrogens with one attached hydrogen (secondary N) is 2. The van der Waals surface area contributed by atoms with E-state index in [-0.39, 0.29) is 11.9 Å². The third-order valence-electron chi connectivity index (χ3n) is 4.94. The van der Waals surface area contributed by atoms with Crippen molar-refractivity contribution in [1.82, 2.24) is 15.1 Å². The van der Waals surface area contributed by atoms with Crippen molar-refractivity contribution in [3.8, 4) is 5.75 Å². The summed E-state index contributed by atoms with van der Waals surface area (Å²) in [5.74, 6) is 1.03. The number of carbonyl (C=O) groups is 2. The molecule has 1 aliphatic rings. The number of likely N-dealkylation sites (tertiary alicyclic amines) is 1. The van der Waals surface area contributed by atoms with Gasteiger partial charge in [0.05, 0.1) is 0 Å². The van der Waals surface area contributed by atoms with E-state index in [4.69, 9.17) is 4.74 Å².